The summed E-state index contributed by atoms with van der Waals surface area (Å²) in [5.41, 5.74) is 3.68. The van der Waals surface area contributed by atoms with Gasteiger partial charge in [-0.3, -0.25) is 9.59 Å². The number of aliphatic hydroxyl groups is 1. The standard InChI is InChI=1S/C19H18N2O4/c22-12-13-2-1-3-15(8-13)16-5-4-14-6-7-21(17(14)9-16)11-18(23)20-10-19(24)25/h1-9,22H,10-12H2,(H,20,23)(H,24,25). The van der Waals surface area contributed by atoms with Crippen molar-refractivity contribution in [1.82, 2.24) is 9.88 Å². The molecule has 6 heteroatoms. The zero-order valence-corrected chi connectivity index (χ0v) is 13.5. The van der Waals surface area contributed by atoms with E-state index in [2.05, 4.69) is 5.32 Å². The van der Waals surface area contributed by atoms with Crippen molar-refractivity contribution in [2.24, 2.45) is 0 Å². The molecule has 0 radical (unpaired) electrons. The Labute approximate surface area is 144 Å². The molecular formula is C19H18N2O4. The molecule has 6 nitrogen and oxygen atoms in total. The fourth-order valence-electron chi connectivity index (χ4n) is 2.74. The van der Waals surface area contributed by atoms with Crippen LogP contribution in [0.25, 0.3) is 22.0 Å². The molecule has 0 saturated heterocycles. The number of carboxylic acids is 1. The van der Waals surface area contributed by atoms with Crippen LogP contribution < -0.4 is 5.32 Å². The highest BCUT2D eigenvalue weighted by atomic mass is 16.4. The van der Waals surface area contributed by atoms with Crippen LogP contribution in [-0.2, 0) is 22.7 Å². The first-order valence-electron chi connectivity index (χ1n) is 7.84. The Kier molecular flexibility index (Phi) is 4.81. The number of aliphatic hydroxyl groups excluding tert-OH is 1. The summed E-state index contributed by atoms with van der Waals surface area (Å²) in [4.78, 5) is 22.4. The summed E-state index contributed by atoms with van der Waals surface area (Å²) in [6.07, 6.45) is 1.80. The minimum absolute atomic E-state index is 0.0176. The lowest BCUT2D eigenvalue weighted by Crippen LogP contribution is -2.31. The zero-order valence-electron chi connectivity index (χ0n) is 13.5. The second-order valence-corrected chi connectivity index (χ2v) is 5.75. The average molecular weight is 338 g/mol. The number of benzene rings is 2. The van der Waals surface area contributed by atoms with Crippen molar-refractivity contribution in [3.8, 4) is 11.1 Å². The number of nitrogens with one attached hydrogen (secondary N) is 1. The van der Waals surface area contributed by atoms with Crippen LogP contribution in [0.3, 0.4) is 0 Å². The Morgan fingerprint density at radius 2 is 1.84 bits per heavy atom. The van der Waals surface area contributed by atoms with Crippen LogP contribution in [0.4, 0.5) is 0 Å². The van der Waals surface area contributed by atoms with Crippen molar-refractivity contribution in [3.05, 3.63) is 60.3 Å². The molecule has 0 atom stereocenters. The van der Waals surface area contributed by atoms with E-state index < -0.39 is 12.5 Å². The van der Waals surface area contributed by atoms with Gasteiger partial charge in [0.15, 0.2) is 0 Å². The predicted molar refractivity (Wildman–Crippen MR) is 93.9 cm³/mol. The lowest BCUT2D eigenvalue weighted by atomic mass is 10.0. The lowest BCUT2D eigenvalue weighted by molar-refractivity contribution is -0.138. The van der Waals surface area contributed by atoms with Gasteiger partial charge in [0.25, 0.3) is 0 Å². The summed E-state index contributed by atoms with van der Waals surface area (Å²) in [6, 6.07) is 15.5. The largest absolute Gasteiger partial charge is 0.480 e. The molecule has 0 bridgehead atoms. The Balaban J connectivity index is 1.89. The Morgan fingerprint density at radius 1 is 1.04 bits per heavy atom. The molecule has 0 aliphatic carbocycles. The normalized spacial score (nSPS) is 10.8. The number of hydrogen-bond donors (Lipinski definition) is 3. The van der Waals surface area contributed by atoms with Crippen LogP contribution in [0.5, 0.6) is 0 Å². The number of carboxylic acid groups (broad SMARTS) is 1. The second kappa shape index (κ2) is 7.19. The Morgan fingerprint density at radius 3 is 2.60 bits per heavy atom. The quantitative estimate of drug-likeness (QED) is 0.641. The fraction of sp³-hybridized carbons (Fsp3) is 0.158. The summed E-state index contributed by atoms with van der Waals surface area (Å²) in [5.74, 6) is -1.43. The number of carbonyl (C=O) groups excluding carboxylic acids is 1. The van der Waals surface area contributed by atoms with E-state index in [1.807, 2.05) is 48.5 Å². The van der Waals surface area contributed by atoms with E-state index >= 15 is 0 Å². The first-order chi connectivity index (χ1) is 12.1. The minimum Gasteiger partial charge on any atom is -0.480 e. The van der Waals surface area contributed by atoms with Crippen LogP contribution in [0.2, 0.25) is 0 Å². The maximum absolute atomic E-state index is 11.9. The highest BCUT2D eigenvalue weighted by Crippen LogP contribution is 2.26. The number of rotatable bonds is 6. The van der Waals surface area contributed by atoms with Gasteiger partial charge in [-0.25, -0.2) is 0 Å². The molecule has 3 rings (SSSR count). The molecule has 0 fully saturated rings. The third-order valence-electron chi connectivity index (χ3n) is 3.97. The van der Waals surface area contributed by atoms with E-state index in [0.717, 1.165) is 27.6 Å². The summed E-state index contributed by atoms with van der Waals surface area (Å²) < 4.78 is 1.78. The topological polar surface area (TPSA) is 91.6 Å². The molecule has 3 N–H and O–H groups in total. The summed E-state index contributed by atoms with van der Waals surface area (Å²) in [7, 11) is 0. The number of fused-ring (bicyclic) bond motifs is 1. The van der Waals surface area contributed by atoms with E-state index in [1.54, 1.807) is 10.8 Å². The number of nitrogens with zero attached hydrogens (tertiary/aromatic N) is 1. The van der Waals surface area contributed by atoms with Gasteiger partial charge in [0.2, 0.25) is 5.91 Å². The number of hydrogen-bond acceptors (Lipinski definition) is 3. The maximum atomic E-state index is 11.9. The molecule has 3 aromatic rings. The summed E-state index contributed by atoms with van der Waals surface area (Å²) in [5, 5.41) is 21.3. The van der Waals surface area contributed by atoms with Gasteiger partial charge >= 0.3 is 5.97 Å². The van der Waals surface area contributed by atoms with Crippen LogP contribution in [0.15, 0.2) is 54.7 Å². The van der Waals surface area contributed by atoms with Crippen molar-refractivity contribution >= 4 is 22.8 Å². The first kappa shape index (κ1) is 16.7. The Bertz CT molecular complexity index is 930. The molecule has 1 heterocycles. The van der Waals surface area contributed by atoms with Gasteiger partial charge in [0.1, 0.15) is 13.1 Å². The van der Waals surface area contributed by atoms with E-state index in [-0.39, 0.29) is 19.1 Å². The van der Waals surface area contributed by atoms with E-state index in [9.17, 15) is 14.7 Å². The fourth-order valence-corrected chi connectivity index (χ4v) is 2.74. The predicted octanol–water partition coefficient (Wildman–Crippen LogP) is 2.00. The van der Waals surface area contributed by atoms with Crippen molar-refractivity contribution < 1.29 is 19.8 Å². The van der Waals surface area contributed by atoms with Crippen LogP contribution >= 0.6 is 0 Å². The molecule has 25 heavy (non-hydrogen) atoms. The van der Waals surface area contributed by atoms with Crippen molar-refractivity contribution in [2.75, 3.05) is 6.54 Å². The van der Waals surface area contributed by atoms with Gasteiger partial charge in [0.05, 0.1) is 6.61 Å². The molecular weight excluding hydrogens is 320 g/mol. The third kappa shape index (κ3) is 3.87. The first-order valence-corrected chi connectivity index (χ1v) is 7.84. The molecule has 2 aromatic carbocycles. The van der Waals surface area contributed by atoms with Gasteiger partial charge in [0, 0.05) is 11.7 Å². The molecule has 0 aliphatic heterocycles. The van der Waals surface area contributed by atoms with Gasteiger partial charge in [-0.15, -0.1) is 0 Å². The number of amides is 1. The van der Waals surface area contributed by atoms with Crippen LogP contribution in [-0.4, -0.2) is 33.2 Å². The van der Waals surface area contributed by atoms with Gasteiger partial charge < -0.3 is 20.1 Å². The van der Waals surface area contributed by atoms with Gasteiger partial charge in [-0.2, -0.15) is 0 Å². The van der Waals surface area contributed by atoms with Gasteiger partial charge in [-0.1, -0.05) is 30.3 Å². The third-order valence-corrected chi connectivity index (χ3v) is 3.97. The molecule has 1 amide bonds. The molecule has 0 unspecified atom stereocenters. The van der Waals surface area contributed by atoms with Crippen LogP contribution in [0.1, 0.15) is 5.56 Å². The lowest BCUT2D eigenvalue weighted by Gasteiger charge is -2.08. The van der Waals surface area contributed by atoms with Crippen molar-refractivity contribution in [3.63, 3.8) is 0 Å². The monoisotopic (exact) mass is 338 g/mol. The molecule has 0 spiro atoms. The number of aromatic nitrogens is 1. The highest BCUT2D eigenvalue weighted by molar-refractivity contribution is 5.88. The van der Waals surface area contributed by atoms with Crippen LogP contribution in [0, 0.1) is 0 Å². The SMILES string of the molecule is O=C(O)CNC(=O)Cn1ccc2ccc(-c3cccc(CO)c3)cc21. The van der Waals surface area contributed by atoms with Crippen molar-refractivity contribution in [1.29, 1.82) is 0 Å². The van der Waals surface area contributed by atoms with Gasteiger partial charge in [-0.05, 0) is 40.3 Å². The molecule has 1 aromatic heterocycles. The number of carbonyl (C=O) groups is 2. The highest BCUT2D eigenvalue weighted by Gasteiger charge is 2.09. The minimum atomic E-state index is -1.07. The Hall–Kier alpha value is -3.12. The average Bonchev–Trinajstić information content (AvgIpc) is 3.02. The second-order valence-electron chi connectivity index (χ2n) is 5.75. The van der Waals surface area contributed by atoms with E-state index in [0.29, 0.717) is 0 Å². The molecule has 0 aliphatic rings. The van der Waals surface area contributed by atoms with E-state index in [4.69, 9.17) is 5.11 Å². The van der Waals surface area contributed by atoms with E-state index in [1.165, 1.54) is 0 Å². The smallest absolute Gasteiger partial charge is 0.322 e. The van der Waals surface area contributed by atoms with Crippen molar-refractivity contribution in [2.45, 2.75) is 13.2 Å². The maximum Gasteiger partial charge on any atom is 0.322 e. The summed E-state index contributed by atoms with van der Waals surface area (Å²) in [6.45, 7) is -0.357. The summed E-state index contributed by atoms with van der Waals surface area (Å²) >= 11 is 0. The number of aliphatic carboxylic acids is 1. The molecule has 128 valence electrons. The molecule has 0 saturated carbocycles. The zero-order chi connectivity index (χ0) is 17.8.